The van der Waals surface area contributed by atoms with Crippen LogP contribution in [-0.2, 0) is 32.4 Å². The number of hydrogen-bond acceptors (Lipinski definition) is 11. The number of imidazole rings is 1. The van der Waals surface area contributed by atoms with Gasteiger partial charge in [0.1, 0.15) is 5.69 Å². The molecule has 8 rings (SSSR count). The van der Waals surface area contributed by atoms with Crippen molar-refractivity contribution in [2.75, 3.05) is 36.6 Å². The molecule has 4 N–H and O–H groups in total. The van der Waals surface area contributed by atoms with Gasteiger partial charge >= 0.3 is 0 Å². The van der Waals surface area contributed by atoms with E-state index in [1.54, 1.807) is 102 Å². The highest BCUT2D eigenvalue weighted by Crippen LogP contribution is 2.38. The molecule has 312 valence electrons. The third-order valence-corrected chi connectivity index (χ3v) is 10.6. The van der Waals surface area contributed by atoms with Crippen LogP contribution < -0.4 is 25.8 Å². The Hall–Kier alpha value is -7.76. The number of ketones is 1. The van der Waals surface area contributed by atoms with Crippen molar-refractivity contribution in [3.63, 3.8) is 0 Å². The molecule has 2 aromatic carbocycles. The molecule has 0 spiro atoms. The van der Waals surface area contributed by atoms with Gasteiger partial charge in [0.25, 0.3) is 17.7 Å². The van der Waals surface area contributed by atoms with Crippen molar-refractivity contribution in [1.82, 2.24) is 33.4 Å². The number of nitrogens with one attached hydrogen (secondary N) is 2. The van der Waals surface area contributed by atoms with Crippen molar-refractivity contribution in [3.8, 4) is 11.5 Å². The monoisotopic (exact) mass is 825 g/mol. The van der Waals surface area contributed by atoms with E-state index < -0.39 is 5.91 Å². The van der Waals surface area contributed by atoms with Crippen LogP contribution in [0.25, 0.3) is 10.9 Å². The molecule has 18 nitrogen and oxygen atoms in total. The summed E-state index contributed by atoms with van der Waals surface area (Å²) in [5.74, 6) is -0.601. The van der Waals surface area contributed by atoms with Crippen LogP contribution in [0.4, 0.5) is 22.9 Å². The maximum atomic E-state index is 13.5. The largest absolute Gasteiger partial charge is 0.493 e. The molecule has 0 aliphatic carbocycles. The highest BCUT2D eigenvalue weighted by atomic mass is 16.5. The van der Waals surface area contributed by atoms with Gasteiger partial charge in [-0.2, -0.15) is 9.78 Å². The number of aliphatic imine (C=N–C) groups is 1. The Balaban J connectivity index is 0.836. The summed E-state index contributed by atoms with van der Waals surface area (Å²) in [4.78, 5) is 76.9. The zero-order valence-corrected chi connectivity index (χ0v) is 34.0. The number of aryl methyl sites for hydroxylation is 3. The number of ether oxygens (including phenoxy) is 2. The minimum absolute atomic E-state index is 0.00729. The number of carbonyl (C=O) groups excluding carboxylic acids is 5. The number of benzene rings is 2. The zero-order chi connectivity index (χ0) is 43.1. The van der Waals surface area contributed by atoms with Crippen molar-refractivity contribution in [1.29, 1.82) is 0 Å². The third-order valence-electron chi connectivity index (χ3n) is 10.6. The Kier molecular flexibility index (Phi) is 10.6. The first-order valence-electron chi connectivity index (χ1n) is 19.4. The second kappa shape index (κ2) is 16.1. The van der Waals surface area contributed by atoms with Crippen LogP contribution in [0.1, 0.15) is 66.8 Å². The number of Topliss-reactive ketones (excluding diaryl/α,β-unsaturated/α-hetero) is 1. The Bertz CT molecular complexity index is 2820. The van der Waals surface area contributed by atoms with E-state index in [0.717, 1.165) is 11.0 Å². The number of carbonyl (C=O) groups is 5. The number of anilines is 3. The molecule has 2 aliphatic rings. The summed E-state index contributed by atoms with van der Waals surface area (Å²) < 4.78 is 17.5. The molecule has 0 bridgehead atoms. The van der Waals surface area contributed by atoms with Gasteiger partial charge in [-0.3, -0.25) is 29.0 Å². The fourth-order valence-electron chi connectivity index (χ4n) is 7.60. The first-order chi connectivity index (χ1) is 29.3. The SMILES string of the molecule is C=C1C[C@H]2C=Nc3cc(OCCCC(=O)Nc4cn(C)c(C(=O)Nc5cc(C(=O)Cc6cc(C(=O)n7ncc8cc(N)ccc87)n(C)c6)n(C)c5)n4)c(OC)cc3C(=O)N2C1. The molecule has 18 heteroatoms. The average molecular weight is 826 g/mol. The normalized spacial score (nSPS) is 14.5. The van der Waals surface area contributed by atoms with Crippen molar-refractivity contribution >= 4 is 69.4 Å². The molecule has 4 aromatic heterocycles. The van der Waals surface area contributed by atoms with E-state index in [-0.39, 0.29) is 60.6 Å². The number of fused-ring (bicyclic) bond motifs is 3. The van der Waals surface area contributed by atoms with Gasteiger partial charge in [0.05, 0.1) is 54.1 Å². The molecule has 61 heavy (non-hydrogen) atoms. The Morgan fingerprint density at radius 1 is 0.951 bits per heavy atom. The topological polar surface area (TPSA) is 215 Å². The van der Waals surface area contributed by atoms with E-state index in [2.05, 4.69) is 32.3 Å². The molecule has 6 heterocycles. The lowest BCUT2D eigenvalue weighted by Gasteiger charge is -2.20. The Morgan fingerprint density at radius 3 is 2.56 bits per heavy atom. The molecule has 1 saturated heterocycles. The van der Waals surface area contributed by atoms with Gasteiger partial charge in [0.15, 0.2) is 23.1 Å². The first kappa shape index (κ1) is 40.0. The number of nitrogens with zero attached hydrogens (tertiary/aromatic N) is 8. The van der Waals surface area contributed by atoms with Crippen molar-refractivity contribution in [2.24, 2.45) is 26.1 Å². The smallest absolute Gasteiger partial charge is 0.295 e. The summed E-state index contributed by atoms with van der Waals surface area (Å²) in [6.45, 7) is 4.68. The summed E-state index contributed by atoms with van der Waals surface area (Å²) in [5.41, 5.74) is 10.6. The number of aromatic nitrogens is 6. The lowest BCUT2D eigenvalue weighted by atomic mass is 10.1. The number of nitrogens with two attached hydrogens (primary N) is 1. The molecule has 6 aromatic rings. The fourth-order valence-corrected chi connectivity index (χ4v) is 7.60. The predicted molar refractivity (Wildman–Crippen MR) is 227 cm³/mol. The van der Waals surface area contributed by atoms with Crippen LogP contribution in [-0.4, -0.2) is 95.3 Å². The van der Waals surface area contributed by atoms with E-state index in [1.807, 2.05) is 0 Å². The zero-order valence-electron chi connectivity index (χ0n) is 34.0. The van der Waals surface area contributed by atoms with Crippen LogP contribution in [0.5, 0.6) is 11.5 Å². The van der Waals surface area contributed by atoms with Gasteiger partial charge in [-0.15, -0.1) is 0 Å². The summed E-state index contributed by atoms with van der Waals surface area (Å²) in [5, 5.41) is 10.5. The maximum absolute atomic E-state index is 13.5. The lowest BCUT2D eigenvalue weighted by molar-refractivity contribution is -0.116. The van der Waals surface area contributed by atoms with Crippen LogP contribution in [0.15, 0.2) is 84.4 Å². The molecule has 1 atom stereocenters. The molecule has 0 unspecified atom stereocenters. The van der Waals surface area contributed by atoms with E-state index in [0.29, 0.717) is 76.0 Å². The quantitative estimate of drug-likeness (QED) is 0.0632. The molecule has 0 radical (unpaired) electrons. The van der Waals surface area contributed by atoms with Gasteiger partial charge in [0, 0.05) is 82.5 Å². The number of amides is 3. The molecule has 0 saturated carbocycles. The molecular formula is C43H43N11O7. The summed E-state index contributed by atoms with van der Waals surface area (Å²) in [6, 6.07) is 11.6. The van der Waals surface area contributed by atoms with Crippen molar-refractivity contribution < 1.29 is 33.4 Å². The average Bonchev–Trinajstić information content (AvgIpc) is 4.05. The lowest BCUT2D eigenvalue weighted by Crippen LogP contribution is -2.35. The number of methoxy groups -OCH3 is 1. The standard InChI is InChI=1S/C43H43N11O7/c1-24-11-29-19-45-31-17-37(36(60-5)16-30(31)42(58)53(29)20-24)61-10-6-7-39(56)48-38-23-52(4)40(49-38)41(57)47-28-15-33(51(3)22-28)35(55)13-25-12-34(50(2)21-25)43(59)54-32-9-8-27(44)14-26(32)18-46-54/h8-9,12,14-19,21-23,29H,1,6-7,10-11,13,20,44H2,2-5H3,(H,47,57)(H,48,56)/t29-/m0/s1. The minimum Gasteiger partial charge on any atom is -0.493 e. The Morgan fingerprint density at radius 2 is 1.75 bits per heavy atom. The van der Waals surface area contributed by atoms with Crippen LogP contribution in [0.2, 0.25) is 0 Å². The number of hydrogen-bond donors (Lipinski definition) is 3. The molecular weight excluding hydrogens is 783 g/mol. The van der Waals surface area contributed by atoms with E-state index in [9.17, 15) is 24.0 Å². The number of nitrogen functional groups attached to an aromatic ring is 1. The third kappa shape index (κ3) is 8.02. The second-order valence-corrected chi connectivity index (χ2v) is 15.1. The van der Waals surface area contributed by atoms with Crippen LogP contribution in [0.3, 0.4) is 0 Å². The van der Waals surface area contributed by atoms with Gasteiger partial charge in [-0.25, -0.2) is 4.98 Å². The Labute approximate surface area is 349 Å². The highest BCUT2D eigenvalue weighted by molar-refractivity contribution is 6.05. The fraction of sp³-hybridized carbons (Fsp3) is 0.256. The van der Waals surface area contributed by atoms with E-state index >= 15 is 0 Å². The van der Waals surface area contributed by atoms with Gasteiger partial charge in [-0.05, 0) is 54.8 Å². The minimum atomic E-state index is -0.548. The molecule has 2 aliphatic heterocycles. The highest BCUT2D eigenvalue weighted by Gasteiger charge is 2.34. The summed E-state index contributed by atoms with van der Waals surface area (Å²) >= 11 is 0. The van der Waals surface area contributed by atoms with Crippen LogP contribution >= 0.6 is 0 Å². The second-order valence-electron chi connectivity index (χ2n) is 15.1. The van der Waals surface area contributed by atoms with Gasteiger partial charge < -0.3 is 44.4 Å². The van der Waals surface area contributed by atoms with Gasteiger partial charge in [0.2, 0.25) is 11.7 Å². The first-order valence-corrected chi connectivity index (χ1v) is 19.4. The molecule has 3 amide bonds. The van der Waals surface area contributed by atoms with Crippen molar-refractivity contribution in [2.45, 2.75) is 31.7 Å². The predicted octanol–water partition coefficient (Wildman–Crippen LogP) is 4.69. The summed E-state index contributed by atoms with van der Waals surface area (Å²) in [7, 11) is 6.54. The molecule has 1 fully saturated rings. The number of rotatable bonds is 13. The van der Waals surface area contributed by atoms with Gasteiger partial charge in [-0.1, -0.05) is 12.2 Å². The van der Waals surface area contributed by atoms with E-state index in [1.165, 1.54) is 22.6 Å². The maximum Gasteiger partial charge on any atom is 0.295 e. The van der Waals surface area contributed by atoms with Crippen LogP contribution in [0, 0.1) is 0 Å². The van der Waals surface area contributed by atoms with E-state index in [4.69, 9.17) is 15.2 Å². The summed E-state index contributed by atoms with van der Waals surface area (Å²) in [6.07, 6.45) is 9.33. The van der Waals surface area contributed by atoms with Crippen molar-refractivity contribution in [3.05, 3.63) is 108 Å².